The summed E-state index contributed by atoms with van der Waals surface area (Å²) >= 11 is 1.72. The Balaban J connectivity index is 1.51. The van der Waals surface area contributed by atoms with E-state index in [4.69, 9.17) is 9.26 Å². The summed E-state index contributed by atoms with van der Waals surface area (Å²) < 4.78 is 10.7. The average Bonchev–Trinajstić information content (AvgIpc) is 2.95. The number of benzene rings is 1. The first-order valence-electron chi connectivity index (χ1n) is 7.11. The van der Waals surface area contributed by atoms with Gasteiger partial charge < -0.3 is 14.6 Å². The van der Waals surface area contributed by atoms with Crippen LogP contribution >= 0.6 is 11.8 Å². The van der Waals surface area contributed by atoms with Crippen LogP contribution in [0.3, 0.4) is 0 Å². The van der Waals surface area contributed by atoms with Gasteiger partial charge in [0.1, 0.15) is 0 Å². The Morgan fingerprint density at radius 1 is 1.33 bits per heavy atom. The molecule has 6 heteroatoms. The van der Waals surface area contributed by atoms with Crippen LogP contribution in [-0.2, 0) is 16.9 Å². The van der Waals surface area contributed by atoms with Gasteiger partial charge in [-0.2, -0.15) is 4.98 Å². The third-order valence-electron chi connectivity index (χ3n) is 3.32. The summed E-state index contributed by atoms with van der Waals surface area (Å²) in [6, 6.07) is 8.73. The number of rotatable bonds is 5. The van der Waals surface area contributed by atoms with E-state index >= 15 is 0 Å². The van der Waals surface area contributed by atoms with Gasteiger partial charge in [-0.15, -0.1) is 11.8 Å². The Morgan fingerprint density at radius 2 is 2.19 bits per heavy atom. The van der Waals surface area contributed by atoms with Gasteiger partial charge in [0.05, 0.1) is 19.0 Å². The van der Waals surface area contributed by atoms with Crippen LogP contribution < -0.4 is 5.32 Å². The monoisotopic (exact) mass is 305 g/mol. The molecule has 112 valence electrons. The number of aromatic nitrogens is 2. The molecule has 3 rings (SSSR count). The van der Waals surface area contributed by atoms with Crippen molar-refractivity contribution in [2.45, 2.75) is 30.0 Å². The Bertz CT molecular complexity index is 565. The molecule has 2 heterocycles. The Kier molecular flexibility index (Phi) is 4.90. The number of nitrogens with one attached hydrogen (secondary N) is 1. The van der Waals surface area contributed by atoms with E-state index in [2.05, 4.69) is 46.6 Å². The second-order valence-electron chi connectivity index (χ2n) is 5.14. The van der Waals surface area contributed by atoms with Crippen LogP contribution in [0, 0.1) is 6.92 Å². The molecule has 0 spiro atoms. The molecule has 1 aromatic heterocycles. The van der Waals surface area contributed by atoms with E-state index in [1.165, 1.54) is 10.5 Å². The molecule has 21 heavy (non-hydrogen) atoms. The molecule has 0 saturated carbocycles. The third-order valence-corrected chi connectivity index (χ3v) is 4.33. The van der Waals surface area contributed by atoms with Crippen LogP contribution in [0.15, 0.2) is 33.7 Å². The number of hydrogen-bond donors (Lipinski definition) is 1. The Labute approximate surface area is 128 Å². The predicted molar refractivity (Wildman–Crippen MR) is 81.4 cm³/mol. The van der Waals surface area contributed by atoms with Gasteiger partial charge in [0, 0.05) is 23.9 Å². The van der Waals surface area contributed by atoms with Crippen LogP contribution in [0.2, 0.25) is 0 Å². The van der Waals surface area contributed by atoms with Gasteiger partial charge >= 0.3 is 0 Å². The minimum atomic E-state index is 0.275. The minimum absolute atomic E-state index is 0.275. The number of morpholine rings is 1. The first-order valence-corrected chi connectivity index (χ1v) is 8.10. The third kappa shape index (κ3) is 4.30. The summed E-state index contributed by atoms with van der Waals surface area (Å²) in [5.41, 5.74) is 1.27. The summed E-state index contributed by atoms with van der Waals surface area (Å²) in [4.78, 5) is 5.66. The molecule has 0 radical (unpaired) electrons. The van der Waals surface area contributed by atoms with Crippen molar-refractivity contribution < 1.29 is 9.26 Å². The van der Waals surface area contributed by atoms with Crippen molar-refractivity contribution in [1.29, 1.82) is 0 Å². The van der Waals surface area contributed by atoms with E-state index in [9.17, 15) is 0 Å². The van der Waals surface area contributed by atoms with E-state index in [1.54, 1.807) is 11.8 Å². The zero-order valence-electron chi connectivity index (χ0n) is 12.0. The normalized spacial score (nSPS) is 18.8. The lowest BCUT2D eigenvalue weighted by atomic mass is 10.2. The molecule has 1 N–H and O–H groups in total. The molecule has 2 aromatic rings. The summed E-state index contributed by atoms with van der Waals surface area (Å²) in [7, 11) is 0. The Morgan fingerprint density at radius 3 is 2.95 bits per heavy atom. The average molecular weight is 305 g/mol. The number of hydrogen-bond acceptors (Lipinski definition) is 6. The van der Waals surface area contributed by atoms with E-state index < -0.39 is 0 Å². The molecule has 1 saturated heterocycles. The van der Waals surface area contributed by atoms with Crippen molar-refractivity contribution in [3.8, 4) is 0 Å². The molecule has 5 nitrogen and oxygen atoms in total. The lowest BCUT2D eigenvalue weighted by Crippen LogP contribution is -2.42. The molecule has 1 atom stereocenters. The summed E-state index contributed by atoms with van der Waals surface area (Å²) in [6.07, 6.45) is 0.724. The van der Waals surface area contributed by atoms with Gasteiger partial charge in [0.2, 0.25) is 5.89 Å². The maximum Gasteiger partial charge on any atom is 0.228 e. The highest BCUT2D eigenvalue weighted by Gasteiger charge is 2.17. The molecular weight excluding hydrogens is 286 g/mol. The highest BCUT2D eigenvalue weighted by Crippen LogP contribution is 2.21. The predicted octanol–water partition coefficient (Wildman–Crippen LogP) is 2.20. The fourth-order valence-electron chi connectivity index (χ4n) is 2.18. The van der Waals surface area contributed by atoms with Crippen LogP contribution in [-0.4, -0.2) is 35.9 Å². The lowest BCUT2D eigenvalue weighted by molar-refractivity contribution is 0.0744. The molecular formula is C15H19N3O2S. The number of aryl methyl sites for hydroxylation is 1. The smallest absolute Gasteiger partial charge is 0.228 e. The van der Waals surface area contributed by atoms with Crippen LogP contribution in [0.4, 0.5) is 0 Å². The molecule has 1 fully saturated rings. The van der Waals surface area contributed by atoms with Crippen molar-refractivity contribution in [1.82, 2.24) is 15.5 Å². The number of nitrogens with zero attached hydrogens (tertiary/aromatic N) is 2. The summed E-state index contributed by atoms with van der Waals surface area (Å²) in [5.74, 6) is 2.14. The second kappa shape index (κ2) is 7.06. The van der Waals surface area contributed by atoms with Crippen molar-refractivity contribution in [2.24, 2.45) is 0 Å². The van der Waals surface area contributed by atoms with Crippen LogP contribution in [0.1, 0.15) is 17.3 Å². The Hall–Kier alpha value is -1.37. The van der Waals surface area contributed by atoms with Gasteiger partial charge in [-0.1, -0.05) is 22.9 Å². The summed E-state index contributed by atoms with van der Waals surface area (Å²) in [5, 5.41) is 7.42. The van der Waals surface area contributed by atoms with Crippen LogP contribution in [0.25, 0.3) is 0 Å². The van der Waals surface area contributed by atoms with E-state index in [1.807, 2.05) is 0 Å². The standard InChI is InChI=1S/C15H19N3O2S/c1-11-2-4-13(5-3-11)21-10-14-17-15(20-18-14)8-12-9-19-7-6-16-12/h2-5,12,16H,6-10H2,1H3. The molecule has 1 aromatic carbocycles. The van der Waals surface area contributed by atoms with Crippen molar-refractivity contribution >= 4 is 11.8 Å². The maximum absolute atomic E-state index is 5.42. The number of thioether (sulfide) groups is 1. The molecule has 0 amide bonds. The highest BCUT2D eigenvalue weighted by atomic mass is 32.2. The van der Waals surface area contributed by atoms with E-state index in [-0.39, 0.29) is 6.04 Å². The van der Waals surface area contributed by atoms with Gasteiger partial charge in [-0.25, -0.2) is 0 Å². The highest BCUT2D eigenvalue weighted by molar-refractivity contribution is 7.98. The lowest BCUT2D eigenvalue weighted by Gasteiger charge is -2.22. The van der Waals surface area contributed by atoms with Crippen molar-refractivity contribution in [2.75, 3.05) is 19.8 Å². The number of ether oxygens (including phenoxy) is 1. The maximum atomic E-state index is 5.42. The fourth-order valence-corrected chi connectivity index (χ4v) is 2.92. The first-order chi connectivity index (χ1) is 10.3. The quantitative estimate of drug-likeness (QED) is 0.855. The molecule has 1 aliphatic rings. The van der Waals surface area contributed by atoms with E-state index in [0.717, 1.165) is 31.1 Å². The SMILES string of the molecule is Cc1ccc(SCc2noc(CC3COCCN3)n2)cc1. The van der Waals surface area contributed by atoms with Gasteiger partial charge in [-0.3, -0.25) is 0 Å². The molecule has 1 aliphatic heterocycles. The van der Waals surface area contributed by atoms with Gasteiger partial charge in [0.25, 0.3) is 0 Å². The summed E-state index contributed by atoms with van der Waals surface area (Å²) in [6.45, 7) is 4.45. The van der Waals surface area contributed by atoms with Crippen molar-refractivity contribution in [3.05, 3.63) is 41.5 Å². The fraction of sp³-hybridized carbons (Fsp3) is 0.467. The molecule has 1 unspecified atom stereocenters. The first kappa shape index (κ1) is 14.6. The van der Waals surface area contributed by atoms with E-state index in [0.29, 0.717) is 12.5 Å². The second-order valence-corrected chi connectivity index (χ2v) is 6.18. The minimum Gasteiger partial charge on any atom is -0.378 e. The van der Waals surface area contributed by atoms with Crippen LogP contribution in [0.5, 0.6) is 0 Å². The zero-order valence-corrected chi connectivity index (χ0v) is 12.9. The van der Waals surface area contributed by atoms with Gasteiger partial charge in [0.15, 0.2) is 5.82 Å². The van der Waals surface area contributed by atoms with Gasteiger partial charge in [-0.05, 0) is 19.1 Å². The molecule has 0 bridgehead atoms. The topological polar surface area (TPSA) is 60.2 Å². The van der Waals surface area contributed by atoms with Crippen molar-refractivity contribution in [3.63, 3.8) is 0 Å². The largest absolute Gasteiger partial charge is 0.378 e. The molecule has 0 aliphatic carbocycles. The zero-order chi connectivity index (χ0) is 14.5.